The predicted molar refractivity (Wildman–Crippen MR) is 22.9 cm³/mol. The Hall–Kier alpha value is 0.872. The van der Waals surface area contributed by atoms with Crippen LogP contribution < -0.4 is 9.68 Å². The fraction of sp³-hybridized carbons (Fsp3) is 1.00. The number of hydrogen-bond acceptors (Lipinski definition) is 2. The fourth-order valence-corrected chi connectivity index (χ4v) is 0.800. The maximum absolute atomic E-state index is 5.26. The topological polar surface area (TPSA) is 38.0 Å². The molecule has 0 aliphatic carbocycles. The number of rotatable bonds is 3. The van der Waals surface area contributed by atoms with Crippen molar-refractivity contribution in [2.24, 2.45) is 5.73 Å². The fourth-order valence-electron chi connectivity index (χ4n) is 0.0755. The second kappa shape index (κ2) is 5.87. The molecule has 0 bridgehead atoms. The van der Waals surface area contributed by atoms with Crippen molar-refractivity contribution in [3.63, 3.8) is 0 Å². The molecule has 4 heteroatoms. The Balaban J connectivity index is 2.34. The van der Waals surface area contributed by atoms with Gasteiger partial charge in [-0.2, -0.15) is 0 Å². The van der Waals surface area contributed by atoms with Gasteiger partial charge in [0.15, 0.2) is 0 Å². The first kappa shape index (κ1) is 6.87. The van der Waals surface area contributed by atoms with Crippen LogP contribution in [0.2, 0.25) is 0 Å². The second-order valence-corrected chi connectivity index (χ2v) is 2.26. The summed E-state index contributed by atoms with van der Waals surface area (Å²) in [5, 5.41) is 0. The van der Waals surface area contributed by atoms with Gasteiger partial charge in [-0.3, -0.25) is 0 Å². The van der Waals surface area contributed by atoms with E-state index in [1.54, 1.807) is 0 Å². The first-order chi connectivity index (χ1) is 2.91. The number of halogens is 1. The van der Waals surface area contributed by atoms with Crippen LogP contribution in [0.15, 0.2) is 0 Å². The predicted octanol–water partition coefficient (Wildman–Crippen LogP) is -0.314. The van der Waals surface area contributed by atoms with Crippen molar-refractivity contribution in [2.45, 2.75) is 0 Å². The van der Waals surface area contributed by atoms with Crippen molar-refractivity contribution in [1.29, 1.82) is 0 Å². The molecule has 0 rings (SSSR count). The zero-order chi connectivity index (χ0) is 4.83. The molecule has 6 heavy (non-hydrogen) atoms. The Labute approximate surface area is 49.8 Å². The van der Waals surface area contributed by atoms with Gasteiger partial charge in [0.05, 0.1) is 0 Å². The van der Waals surface area contributed by atoms with E-state index < -0.39 is 0 Å². The summed E-state index contributed by atoms with van der Waals surface area (Å²) in [6.07, 6.45) is 0. The van der Waals surface area contributed by atoms with Crippen LogP contribution in [0.1, 0.15) is 0 Å². The molecule has 2 nitrogen and oxygen atoms in total. The minimum atomic E-state index is 0.155. The van der Waals surface area contributed by atoms with Crippen molar-refractivity contribution >= 4 is 9.53 Å². The summed E-state index contributed by atoms with van der Waals surface area (Å²) in [4.78, 5) is 0. The first-order valence-corrected chi connectivity index (χ1v) is 4.32. The molecule has 0 aromatic rings. The molecule has 0 aromatic carbocycles. The van der Waals surface area contributed by atoms with Gasteiger partial charge in [-0.25, -0.2) is 0 Å². The molecular formula is C2H7ClN2Pd. The number of hydrogen-bond donors (Lipinski definition) is 2. The summed E-state index contributed by atoms with van der Waals surface area (Å²) in [7, 11) is 5.26. The molecule has 0 saturated carbocycles. The summed E-state index contributed by atoms with van der Waals surface area (Å²) in [5.74, 6) is 0. The molecule has 0 aliphatic heterocycles. The van der Waals surface area contributed by atoms with Crippen LogP contribution in [0.4, 0.5) is 0 Å². The standard InChI is InChI=1S/C2H7N2.ClH.Pd/c3-1-2-4;;/h3H,1-2,4H2;1H;/q-1;;+2/p-1. The van der Waals surface area contributed by atoms with Crippen molar-refractivity contribution in [3.8, 4) is 0 Å². The normalized spacial score (nSPS) is 9.67. The van der Waals surface area contributed by atoms with E-state index in [1.807, 2.05) is 0 Å². The summed E-state index contributed by atoms with van der Waals surface area (Å²) in [6, 6.07) is 0. The van der Waals surface area contributed by atoms with E-state index in [1.165, 1.54) is 0 Å². The molecule has 0 atom stereocenters. The molecule has 0 unspecified atom stereocenters. The Morgan fingerprint density at radius 3 is 2.67 bits per heavy atom. The average Bonchev–Trinajstić information content (AvgIpc) is 1.61. The summed E-state index contributed by atoms with van der Waals surface area (Å²) in [6.45, 7) is 1.50. The van der Waals surface area contributed by atoms with E-state index >= 15 is 0 Å². The van der Waals surface area contributed by atoms with E-state index in [0.29, 0.717) is 6.54 Å². The van der Waals surface area contributed by atoms with E-state index in [2.05, 4.69) is 3.95 Å². The van der Waals surface area contributed by atoms with Crippen LogP contribution in [0.3, 0.4) is 0 Å². The van der Waals surface area contributed by atoms with Gasteiger partial charge in [-0.15, -0.1) is 0 Å². The van der Waals surface area contributed by atoms with Crippen LogP contribution >= 0.6 is 9.53 Å². The molecule has 0 amide bonds. The third kappa shape index (κ3) is 4.87. The van der Waals surface area contributed by atoms with E-state index in [0.717, 1.165) is 6.54 Å². The maximum atomic E-state index is 5.26. The Morgan fingerprint density at radius 1 is 1.83 bits per heavy atom. The van der Waals surface area contributed by atoms with Crippen LogP contribution in [-0.2, 0) is 17.2 Å². The Bertz CT molecular complexity index is 23.5. The van der Waals surface area contributed by atoms with Crippen LogP contribution in [0.5, 0.6) is 0 Å². The molecule has 0 heterocycles. The SMILES string of the molecule is NCC[NH][Pd][Cl]. The van der Waals surface area contributed by atoms with Crippen molar-refractivity contribution in [2.75, 3.05) is 13.1 Å². The quantitative estimate of drug-likeness (QED) is 0.485. The third-order valence-corrected chi connectivity index (χ3v) is 1.36. The van der Waals surface area contributed by atoms with Gasteiger partial charge in [0.25, 0.3) is 0 Å². The Kier molecular flexibility index (Phi) is 6.73. The van der Waals surface area contributed by atoms with Gasteiger partial charge in [0.2, 0.25) is 0 Å². The van der Waals surface area contributed by atoms with Gasteiger partial charge in [0.1, 0.15) is 0 Å². The number of nitrogens with two attached hydrogens (primary N) is 1. The third-order valence-electron chi connectivity index (χ3n) is 0.266. The summed E-state index contributed by atoms with van der Waals surface area (Å²) >= 11 is 0.155. The molecule has 0 aromatic heterocycles. The molecule has 0 saturated heterocycles. The van der Waals surface area contributed by atoms with E-state index in [9.17, 15) is 0 Å². The van der Waals surface area contributed by atoms with Gasteiger partial charge < -0.3 is 0 Å². The Morgan fingerprint density at radius 2 is 2.50 bits per heavy atom. The molecule has 0 radical (unpaired) electrons. The molecule has 42 valence electrons. The summed E-state index contributed by atoms with van der Waals surface area (Å²) < 4.78 is 2.89. The van der Waals surface area contributed by atoms with Gasteiger partial charge in [-0.1, -0.05) is 0 Å². The van der Waals surface area contributed by atoms with E-state index in [-0.39, 0.29) is 17.2 Å². The zero-order valence-corrected chi connectivity index (χ0v) is 5.50. The average molecular weight is 201 g/mol. The van der Waals surface area contributed by atoms with Crippen LogP contribution in [0.25, 0.3) is 0 Å². The summed E-state index contributed by atoms with van der Waals surface area (Å²) in [5.41, 5.74) is 5.10. The molecule has 0 aliphatic rings. The molecule has 3 N–H and O–H groups in total. The first-order valence-electron chi connectivity index (χ1n) is 1.54. The van der Waals surface area contributed by atoms with Crippen molar-refractivity contribution in [1.82, 2.24) is 3.95 Å². The molecule has 0 fully saturated rings. The minimum absolute atomic E-state index is 0.155. The van der Waals surface area contributed by atoms with Gasteiger partial charge in [-0.05, 0) is 0 Å². The van der Waals surface area contributed by atoms with Crippen molar-refractivity contribution in [3.05, 3.63) is 0 Å². The molecular weight excluding hydrogens is 194 g/mol. The monoisotopic (exact) mass is 200 g/mol. The number of nitrogens with one attached hydrogen (secondary N) is 1. The van der Waals surface area contributed by atoms with Crippen molar-refractivity contribution < 1.29 is 17.2 Å². The zero-order valence-electron chi connectivity index (χ0n) is 3.19. The van der Waals surface area contributed by atoms with Gasteiger partial charge in [0, 0.05) is 0 Å². The molecule has 0 spiro atoms. The second-order valence-electron chi connectivity index (χ2n) is 0.710. The van der Waals surface area contributed by atoms with Gasteiger partial charge >= 0.3 is 49.5 Å². The van der Waals surface area contributed by atoms with Crippen LogP contribution in [-0.4, -0.2) is 13.1 Å². The van der Waals surface area contributed by atoms with E-state index in [4.69, 9.17) is 15.3 Å². The van der Waals surface area contributed by atoms with Crippen LogP contribution in [0, 0.1) is 0 Å².